The van der Waals surface area contributed by atoms with Gasteiger partial charge in [-0.1, -0.05) is 24.3 Å². The zero-order valence-corrected chi connectivity index (χ0v) is 16.9. The van der Waals surface area contributed by atoms with Crippen molar-refractivity contribution in [3.63, 3.8) is 0 Å². The maximum atomic E-state index is 12.6. The molecule has 0 aromatic heterocycles. The molecular weight excluding hydrogens is 412 g/mol. The smallest absolute Gasteiger partial charge is 0.271 e. The average molecular weight is 432 g/mol. The highest BCUT2D eigenvalue weighted by Crippen LogP contribution is 2.23. The van der Waals surface area contributed by atoms with Crippen LogP contribution in [0.5, 0.6) is 0 Å². The molecule has 2 N–H and O–H groups in total. The number of nitrogens with one attached hydrogen (secondary N) is 2. The Morgan fingerprint density at radius 1 is 1.20 bits per heavy atom. The van der Waals surface area contributed by atoms with Gasteiger partial charge in [-0.25, -0.2) is 8.42 Å². The number of amides is 2. The fourth-order valence-electron chi connectivity index (χ4n) is 2.53. The third-order valence-electron chi connectivity index (χ3n) is 3.87. The fourth-order valence-corrected chi connectivity index (χ4v) is 3.38. The Kier molecular flexibility index (Phi) is 7.26. The molecule has 0 unspecified atom stereocenters. The van der Waals surface area contributed by atoms with Crippen molar-refractivity contribution in [3.8, 4) is 0 Å². The number of carbonyl (C=O) groups is 2. The van der Waals surface area contributed by atoms with Crippen LogP contribution in [0.3, 0.4) is 0 Å². The van der Waals surface area contributed by atoms with E-state index in [2.05, 4.69) is 17.2 Å². The van der Waals surface area contributed by atoms with E-state index in [0.717, 1.165) is 16.6 Å². The lowest BCUT2D eigenvalue weighted by Gasteiger charge is -2.22. The summed E-state index contributed by atoms with van der Waals surface area (Å²) in [5.41, 5.74) is 0.0372. The molecule has 30 heavy (non-hydrogen) atoms. The predicted octanol–water partition coefficient (Wildman–Crippen LogP) is 1.92. The number of rotatable bonds is 9. The summed E-state index contributed by atoms with van der Waals surface area (Å²) < 4.78 is 25.1. The average Bonchev–Trinajstić information content (AvgIpc) is 2.70. The molecule has 0 heterocycles. The minimum Gasteiger partial charge on any atom is -0.349 e. The Labute approximate surface area is 173 Å². The number of non-ortho nitro benzene ring substituents is 1. The molecule has 0 bridgehead atoms. The molecule has 0 spiro atoms. The minimum atomic E-state index is -3.93. The van der Waals surface area contributed by atoms with Crippen molar-refractivity contribution in [2.24, 2.45) is 0 Å². The van der Waals surface area contributed by atoms with Crippen molar-refractivity contribution < 1.29 is 22.9 Å². The van der Waals surface area contributed by atoms with E-state index in [-0.39, 0.29) is 29.2 Å². The Morgan fingerprint density at radius 3 is 2.53 bits per heavy atom. The second kappa shape index (κ2) is 9.65. The van der Waals surface area contributed by atoms with Gasteiger partial charge in [0.05, 0.1) is 28.1 Å². The third-order valence-corrected chi connectivity index (χ3v) is 5.01. The highest BCUT2D eigenvalue weighted by Gasteiger charge is 2.23. The molecule has 0 saturated carbocycles. The van der Waals surface area contributed by atoms with Crippen molar-refractivity contribution >= 4 is 38.9 Å². The van der Waals surface area contributed by atoms with Gasteiger partial charge >= 0.3 is 0 Å². The molecule has 0 atom stereocenters. The highest BCUT2D eigenvalue weighted by atomic mass is 32.2. The lowest BCUT2D eigenvalue weighted by molar-refractivity contribution is -0.384. The topological polar surface area (TPSA) is 139 Å². The maximum Gasteiger partial charge on any atom is 0.271 e. The lowest BCUT2D eigenvalue weighted by atomic mass is 10.1. The van der Waals surface area contributed by atoms with E-state index in [0.29, 0.717) is 0 Å². The van der Waals surface area contributed by atoms with E-state index in [1.165, 1.54) is 36.4 Å². The van der Waals surface area contributed by atoms with Crippen LogP contribution in [0.25, 0.3) is 0 Å². The predicted molar refractivity (Wildman–Crippen MR) is 113 cm³/mol. The molecule has 2 aromatic carbocycles. The first-order valence-corrected chi connectivity index (χ1v) is 10.5. The van der Waals surface area contributed by atoms with Crippen LogP contribution in [0.4, 0.5) is 17.1 Å². The molecule has 2 rings (SSSR count). The Morgan fingerprint density at radius 2 is 1.90 bits per heavy atom. The Hall–Kier alpha value is -3.73. The fraction of sp³-hybridized carbons (Fsp3) is 0.158. The Balaban J connectivity index is 2.27. The molecule has 2 aromatic rings. The Bertz CT molecular complexity index is 1080. The van der Waals surface area contributed by atoms with E-state index in [1.54, 1.807) is 12.1 Å². The molecule has 0 aliphatic carbocycles. The summed E-state index contributed by atoms with van der Waals surface area (Å²) >= 11 is 0. The molecule has 11 heteroatoms. The van der Waals surface area contributed by atoms with Crippen LogP contribution in [0.15, 0.2) is 61.2 Å². The molecule has 0 aliphatic rings. The minimum absolute atomic E-state index is 0.0288. The molecule has 2 amide bonds. The van der Waals surface area contributed by atoms with E-state index < -0.39 is 33.3 Å². The van der Waals surface area contributed by atoms with Gasteiger partial charge in [-0.05, 0) is 18.2 Å². The van der Waals surface area contributed by atoms with Gasteiger partial charge in [-0.2, -0.15) is 0 Å². The summed E-state index contributed by atoms with van der Waals surface area (Å²) in [5, 5.41) is 16.1. The highest BCUT2D eigenvalue weighted by molar-refractivity contribution is 7.92. The zero-order valence-electron chi connectivity index (χ0n) is 16.1. The summed E-state index contributed by atoms with van der Waals surface area (Å²) in [6, 6.07) is 11.2. The van der Waals surface area contributed by atoms with Gasteiger partial charge in [-0.15, -0.1) is 6.58 Å². The van der Waals surface area contributed by atoms with Crippen molar-refractivity contribution in [2.75, 3.05) is 29.0 Å². The van der Waals surface area contributed by atoms with Crippen LogP contribution >= 0.6 is 0 Å². The second-order valence-electron chi connectivity index (χ2n) is 6.14. The monoisotopic (exact) mass is 432 g/mol. The number of nitro benzene ring substituents is 1. The van der Waals surface area contributed by atoms with Gasteiger partial charge in [0.25, 0.3) is 11.6 Å². The first-order chi connectivity index (χ1) is 14.1. The van der Waals surface area contributed by atoms with Crippen LogP contribution in [0.1, 0.15) is 10.4 Å². The zero-order chi connectivity index (χ0) is 22.3. The number of hydrogen-bond acceptors (Lipinski definition) is 6. The molecular formula is C19H20N4O6S. The van der Waals surface area contributed by atoms with Crippen molar-refractivity contribution in [1.82, 2.24) is 5.32 Å². The quantitative estimate of drug-likeness (QED) is 0.353. The number of nitro groups is 1. The van der Waals surface area contributed by atoms with Crippen molar-refractivity contribution in [2.45, 2.75) is 0 Å². The van der Waals surface area contributed by atoms with Crippen LogP contribution in [0.2, 0.25) is 0 Å². The van der Waals surface area contributed by atoms with E-state index in [1.807, 2.05) is 0 Å². The summed E-state index contributed by atoms with van der Waals surface area (Å²) in [6.45, 7) is 3.11. The number of sulfonamides is 1. The van der Waals surface area contributed by atoms with E-state index in [9.17, 15) is 28.1 Å². The third kappa shape index (κ3) is 5.88. The molecule has 158 valence electrons. The van der Waals surface area contributed by atoms with Crippen LogP contribution in [-0.4, -0.2) is 44.5 Å². The van der Waals surface area contributed by atoms with Gasteiger partial charge in [-0.3, -0.25) is 24.0 Å². The van der Waals surface area contributed by atoms with Gasteiger partial charge in [0, 0.05) is 18.7 Å². The molecule has 0 aliphatic heterocycles. The summed E-state index contributed by atoms with van der Waals surface area (Å²) in [6.07, 6.45) is 2.39. The van der Waals surface area contributed by atoms with Gasteiger partial charge in [0.2, 0.25) is 15.9 Å². The van der Waals surface area contributed by atoms with Gasteiger partial charge in [0.15, 0.2) is 0 Å². The summed E-state index contributed by atoms with van der Waals surface area (Å²) in [5.74, 6) is -1.17. The summed E-state index contributed by atoms with van der Waals surface area (Å²) in [7, 11) is -3.93. The molecule has 0 radical (unpaired) electrons. The van der Waals surface area contributed by atoms with E-state index in [4.69, 9.17) is 0 Å². The van der Waals surface area contributed by atoms with E-state index >= 15 is 0 Å². The molecule has 0 saturated heterocycles. The SMILES string of the molecule is C=CCNC(=O)c1ccccc1NC(=O)CN(c1cccc([N+](=O)[O-])c1)S(C)(=O)=O. The largest absolute Gasteiger partial charge is 0.349 e. The number of hydrogen-bond donors (Lipinski definition) is 2. The van der Waals surface area contributed by atoms with Crippen molar-refractivity contribution in [1.29, 1.82) is 0 Å². The molecule has 10 nitrogen and oxygen atoms in total. The lowest BCUT2D eigenvalue weighted by Crippen LogP contribution is -2.37. The number of nitrogens with zero attached hydrogens (tertiary/aromatic N) is 2. The number of benzene rings is 2. The maximum absolute atomic E-state index is 12.6. The van der Waals surface area contributed by atoms with Gasteiger partial charge < -0.3 is 10.6 Å². The number of carbonyl (C=O) groups excluding carboxylic acids is 2. The van der Waals surface area contributed by atoms with Crippen LogP contribution < -0.4 is 14.9 Å². The summed E-state index contributed by atoms with van der Waals surface area (Å²) in [4.78, 5) is 35.1. The van der Waals surface area contributed by atoms with Crippen molar-refractivity contribution in [3.05, 3.63) is 76.9 Å². The molecule has 0 fully saturated rings. The normalized spacial score (nSPS) is 10.7. The second-order valence-corrected chi connectivity index (χ2v) is 8.05. The first-order valence-electron chi connectivity index (χ1n) is 8.63. The first kappa shape index (κ1) is 22.6. The number of para-hydroxylation sites is 1. The number of anilines is 2. The van der Waals surface area contributed by atoms with Gasteiger partial charge in [0.1, 0.15) is 6.54 Å². The van der Waals surface area contributed by atoms with Crippen LogP contribution in [-0.2, 0) is 14.8 Å². The standard InChI is InChI=1S/C19H20N4O6S/c1-3-11-20-19(25)16-9-4-5-10-17(16)21-18(24)13-22(30(2,28)29)14-7-6-8-15(12-14)23(26)27/h3-10,12H,1,11,13H2,2H3,(H,20,25)(H,21,24). The van der Waals surface area contributed by atoms with Crippen LogP contribution in [0, 0.1) is 10.1 Å².